The van der Waals surface area contributed by atoms with Crippen molar-refractivity contribution in [2.24, 2.45) is 0 Å². The summed E-state index contributed by atoms with van der Waals surface area (Å²) >= 11 is 0. The van der Waals surface area contributed by atoms with Crippen LogP contribution >= 0.6 is 0 Å². The molecule has 0 unspecified atom stereocenters. The molecule has 4 heteroatoms. The van der Waals surface area contributed by atoms with Crippen LogP contribution < -0.4 is 0 Å². The maximum absolute atomic E-state index is 15.6. The Kier molecular flexibility index (Phi) is 4.93. The summed E-state index contributed by atoms with van der Waals surface area (Å²) in [5, 5.41) is 9.57. The zero-order chi connectivity index (χ0) is 20.5. The van der Waals surface area contributed by atoms with Crippen LogP contribution in [0.25, 0.3) is 22.2 Å². The largest absolute Gasteiger partial charge is 0.481 e. The Morgan fingerprint density at radius 1 is 0.966 bits per heavy atom. The van der Waals surface area contributed by atoms with E-state index in [0.29, 0.717) is 17.6 Å². The van der Waals surface area contributed by atoms with Crippen molar-refractivity contribution >= 4 is 16.9 Å². The molecule has 1 aromatic heterocycles. The van der Waals surface area contributed by atoms with Crippen LogP contribution in [0.1, 0.15) is 22.3 Å². The minimum atomic E-state index is -0.853. The van der Waals surface area contributed by atoms with Crippen molar-refractivity contribution in [2.45, 2.75) is 26.8 Å². The topological polar surface area (TPSA) is 42.2 Å². The van der Waals surface area contributed by atoms with Crippen LogP contribution in [0.3, 0.4) is 0 Å². The number of nitrogens with zero attached hydrogens (tertiary/aromatic N) is 1. The van der Waals surface area contributed by atoms with Gasteiger partial charge in [0.05, 0.1) is 17.6 Å². The first-order chi connectivity index (χ1) is 13.9. The maximum Gasteiger partial charge on any atom is 0.307 e. The number of aromatic nitrogens is 1. The van der Waals surface area contributed by atoms with Crippen molar-refractivity contribution in [3.05, 3.63) is 94.8 Å². The fraction of sp³-hybridized carbons (Fsp3) is 0.160. The van der Waals surface area contributed by atoms with E-state index in [4.69, 9.17) is 5.11 Å². The molecule has 3 nitrogen and oxygen atoms in total. The lowest BCUT2D eigenvalue weighted by Crippen LogP contribution is -2.04. The fourth-order valence-corrected chi connectivity index (χ4v) is 3.81. The van der Waals surface area contributed by atoms with E-state index in [1.165, 1.54) is 0 Å². The first-order valence-electron chi connectivity index (χ1n) is 9.58. The van der Waals surface area contributed by atoms with Gasteiger partial charge < -0.3 is 9.67 Å². The van der Waals surface area contributed by atoms with Gasteiger partial charge in [0.15, 0.2) is 5.82 Å². The van der Waals surface area contributed by atoms with E-state index in [2.05, 4.69) is 0 Å². The average Bonchev–Trinajstić information content (AvgIpc) is 2.95. The van der Waals surface area contributed by atoms with E-state index in [0.717, 1.165) is 33.3 Å². The fourth-order valence-electron chi connectivity index (χ4n) is 3.81. The first-order valence-corrected chi connectivity index (χ1v) is 9.58. The lowest BCUT2D eigenvalue weighted by atomic mass is 10.0. The van der Waals surface area contributed by atoms with Crippen molar-refractivity contribution in [3.63, 3.8) is 0 Å². The Morgan fingerprint density at radius 2 is 1.66 bits per heavy atom. The smallest absolute Gasteiger partial charge is 0.307 e. The molecule has 0 aliphatic rings. The van der Waals surface area contributed by atoms with Gasteiger partial charge in [-0.3, -0.25) is 4.79 Å². The number of aryl methyl sites for hydroxylation is 2. The summed E-state index contributed by atoms with van der Waals surface area (Å²) in [4.78, 5) is 10.9. The molecule has 0 aliphatic heterocycles. The van der Waals surface area contributed by atoms with Gasteiger partial charge in [-0.2, -0.15) is 0 Å². The normalized spacial score (nSPS) is 11.1. The molecule has 0 bridgehead atoms. The van der Waals surface area contributed by atoms with E-state index in [1.54, 1.807) is 0 Å². The Labute approximate surface area is 169 Å². The Bertz CT molecular complexity index is 1210. The molecule has 0 fully saturated rings. The molecule has 0 saturated carbocycles. The Balaban J connectivity index is 1.85. The van der Waals surface area contributed by atoms with Crippen molar-refractivity contribution < 1.29 is 14.3 Å². The predicted molar refractivity (Wildman–Crippen MR) is 114 cm³/mol. The number of hydrogen-bond acceptors (Lipinski definition) is 1. The molecule has 0 amide bonds. The summed E-state index contributed by atoms with van der Waals surface area (Å²) in [6, 6.07) is 21.1. The van der Waals surface area contributed by atoms with Crippen LogP contribution in [-0.2, 0) is 17.8 Å². The molecule has 0 saturated heterocycles. The highest BCUT2D eigenvalue weighted by Crippen LogP contribution is 2.35. The minimum absolute atomic E-state index is 0.00487. The number of rotatable bonds is 5. The van der Waals surface area contributed by atoms with Gasteiger partial charge in [0.2, 0.25) is 0 Å². The van der Waals surface area contributed by atoms with Gasteiger partial charge in [-0.05, 0) is 42.7 Å². The van der Waals surface area contributed by atoms with Crippen molar-refractivity contribution in [2.75, 3.05) is 0 Å². The van der Waals surface area contributed by atoms with Gasteiger partial charge in [-0.1, -0.05) is 60.2 Å². The molecule has 4 rings (SSSR count). The van der Waals surface area contributed by atoms with E-state index in [9.17, 15) is 4.79 Å². The van der Waals surface area contributed by atoms with Gasteiger partial charge in [0.1, 0.15) is 0 Å². The molecular formula is C25H22FNO2. The van der Waals surface area contributed by atoms with Gasteiger partial charge in [-0.15, -0.1) is 0 Å². The molecule has 3 aromatic carbocycles. The average molecular weight is 387 g/mol. The first kappa shape index (κ1) is 18.9. The van der Waals surface area contributed by atoms with Crippen LogP contribution in [-0.4, -0.2) is 15.6 Å². The quantitative estimate of drug-likeness (QED) is 0.474. The summed E-state index contributed by atoms with van der Waals surface area (Å²) in [5.41, 5.74) is 6.08. The Hall–Kier alpha value is -3.40. The van der Waals surface area contributed by atoms with Crippen LogP contribution in [0.2, 0.25) is 0 Å². The third-order valence-corrected chi connectivity index (χ3v) is 5.28. The zero-order valence-corrected chi connectivity index (χ0v) is 16.4. The molecule has 29 heavy (non-hydrogen) atoms. The van der Waals surface area contributed by atoms with E-state index in [1.807, 2.05) is 85.1 Å². The lowest BCUT2D eigenvalue weighted by Gasteiger charge is -2.13. The van der Waals surface area contributed by atoms with Crippen molar-refractivity contribution in [1.82, 2.24) is 4.57 Å². The van der Waals surface area contributed by atoms with Crippen molar-refractivity contribution in [1.29, 1.82) is 0 Å². The SMILES string of the molecule is Cc1ccc2c(c1)c(F)c(-c1ccccc1C)n2Cc1ccc(CC(=O)O)cc1. The second-order valence-corrected chi connectivity index (χ2v) is 7.47. The molecule has 1 N–H and O–H groups in total. The van der Waals surface area contributed by atoms with Crippen LogP contribution in [0, 0.1) is 19.7 Å². The maximum atomic E-state index is 15.6. The number of carboxylic acids is 1. The van der Waals surface area contributed by atoms with Gasteiger partial charge in [0.25, 0.3) is 0 Å². The van der Waals surface area contributed by atoms with Crippen LogP contribution in [0.4, 0.5) is 4.39 Å². The number of carboxylic acid groups (broad SMARTS) is 1. The van der Waals surface area contributed by atoms with E-state index < -0.39 is 5.97 Å². The summed E-state index contributed by atoms with van der Waals surface area (Å²) in [5.74, 6) is -1.06. The highest BCUT2D eigenvalue weighted by Gasteiger charge is 2.20. The number of hydrogen-bond donors (Lipinski definition) is 1. The molecule has 1 heterocycles. The highest BCUT2D eigenvalue weighted by molar-refractivity contribution is 5.89. The lowest BCUT2D eigenvalue weighted by molar-refractivity contribution is -0.136. The molecule has 0 radical (unpaired) electrons. The summed E-state index contributed by atoms with van der Waals surface area (Å²) < 4.78 is 17.6. The van der Waals surface area contributed by atoms with Gasteiger partial charge in [-0.25, -0.2) is 4.39 Å². The molecule has 0 aliphatic carbocycles. The third kappa shape index (κ3) is 3.66. The summed E-state index contributed by atoms with van der Waals surface area (Å²) in [6.07, 6.45) is -0.00487. The van der Waals surface area contributed by atoms with Crippen LogP contribution in [0.15, 0.2) is 66.7 Å². The number of benzene rings is 3. The van der Waals surface area contributed by atoms with Crippen LogP contribution in [0.5, 0.6) is 0 Å². The molecule has 0 spiro atoms. The number of halogens is 1. The number of aliphatic carboxylic acids is 1. The monoisotopic (exact) mass is 387 g/mol. The predicted octanol–water partition coefficient (Wildman–Crippen LogP) is 5.74. The van der Waals surface area contributed by atoms with E-state index >= 15 is 4.39 Å². The minimum Gasteiger partial charge on any atom is -0.481 e. The third-order valence-electron chi connectivity index (χ3n) is 5.28. The highest BCUT2D eigenvalue weighted by atomic mass is 19.1. The second kappa shape index (κ2) is 7.55. The van der Waals surface area contributed by atoms with Gasteiger partial charge >= 0.3 is 5.97 Å². The number of carbonyl (C=O) groups is 1. The van der Waals surface area contributed by atoms with Crippen molar-refractivity contribution in [3.8, 4) is 11.3 Å². The summed E-state index contributed by atoms with van der Waals surface area (Å²) in [6.45, 7) is 4.45. The van der Waals surface area contributed by atoms with E-state index in [-0.39, 0.29) is 12.2 Å². The standard InChI is InChI=1S/C25H22FNO2/c1-16-7-12-22-21(13-16)24(26)25(20-6-4-3-5-17(20)2)27(22)15-19-10-8-18(9-11-19)14-23(28)29/h3-13H,14-15H2,1-2H3,(H,28,29). The molecular weight excluding hydrogens is 365 g/mol. The molecule has 0 atom stereocenters. The van der Waals surface area contributed by atoms with Gasteiger partial charge in [0, 0.05) is 17.5 Å². The summed E-state index contributed by atoms with van der Waals surface area (Å²) in [7, 11) is 0. The number of fused-ring (bicyclic) bond motifs is 1. The Morgan fingerprint density at radius 3 is 2.34 bits per heavy atom. The second-order valence-electron chi connectivity index (χ2n) is 7.47. The zero-order valence-electron chi connectivity index (χ0n) is 16.4. The molecule has 146 valence electrons. The molecule has 4 aromatic rings.